The summed E-state index contributed by atoms with van der Waals surface area (Å²) in [6.07, 6.45) is 0. The highest BCUT2D eigenvalue weighted by Crippen LogP contribution is 2.29. The minimum Gasteiger partial charge on any atom is -0.481 e. The van der Waals surface area contributed by atoms with Crippen LogP contribution < -0.4 is 10.6 Å². The third kappa shape index (κ3) is 3.04. The molecule has 2 aliphatic heterocycles. The number of piperazine rings is 1. The largest absolute Gasteiger partial charge is 0.481 e. The molecule has 2 aliphatic rings. The molecule has 120 valence electrons. The number of rotatable bonds is 4. The first-order valence-electron chi connectivity index (χ1n) is 7.36. The summed E-state index contributed by atoms with van der Waals surface area (Å²) in [5.74, 6) is -1.09. The minimum absolute atomic E-state index is 0.126. The zero-order valence-electron chi connectivity index (χ0n) is 12.9. The number of aliphatic carboxylic acids is 1. The SMILES string of the molecule is CC1(C(=O)O)COCC1NC(=O)C(C)(C)N1CCNCC1. The number of carbonyl (C=O) groups excluding carboxylic acids is 1. The van der Waals surface area contributed by atoms with Crippen molar-refractivity contribution in [2.45, 2.75) is 32.4 Å². The molecular weight excluding hydrogens is 274 g/mol. The van der Waals surface area contributed by atoms with Gasteiger partial charge in [0.15, 0.2) is 0 Å². The molecular formula is C14H25N3O4. The lowest BCUT2D eigenvalue weighted by atomic mass is 9.85. The molecule has 2 fully saturated rings. The van der Waals surface area contributed by atoms with Crippen LogP contribution in [0.2, 0.25) is 0 Å². The van der Waals surface area contributed by atoms with Gasteiger partial charge in [-0.2, -0.15) is 0 Å². The molecule has 2 atom stereocenters. The second-order valence-electron chi connectivity index (χ2n) is 6.56. The quantitative estimate of drug-likeness (QED) is 0.634. The molecule has 3 N–H and O–H groups in total. The van der Waals surface area contributed by atoms with Crippen LogP contribution in [0, 0.1) is 5.41 Å². The van der Waals surface area contributed by atoms with Crippen LogP contribution in [0.25, 0.3) is 0 Å². The van der Waals surface area contributed by atoms with Gasteiger partial charge in [-0.25, -0.2) is 0 Å². The number of amides is 1. The van der Waals surface area contributed by atoms with Gasteiger partial charge < -0.3 is 20.5 Å². The molecule has 0 spiro atoms. The number of carbonyl (C=O) groups is 2. The van der Waals surface area contributed by atoms with Crippen molar-refractivity contribution in [1.82, 2.24) is 15.5 Å². The Morgan fingerprint density at radius 2 is 2.00 bits per heavy atom. The first-order valence-corrected chi connectivity index (χ1v) is 7.36. The molecule has 0 aromatic rings. The molecule has 7 heteroatoms. The Bertz CT molecular complexity index is 420. The molecule has 0 aromatic heterocycles. The molecule has 0 aliphatic carbocycles. The summed E-state index contributed by atoms with van der Waals surface area (Å²) in [6.45, 7) is 9.06. The fraction of sp³-hybridized carbons (Fsp3) is 0.857. The van der Waals surface area contributed by atoms with Crippen molar-refractivity contribution in [1.29, 1.82) is 0 Å². The number of carboxylic acid groups (broad SMARTS) is 1. The Kier molecular flexibility index (Phi) is 4.55. The van der Waals surface area contributed by atoms with Crippen LogP contribution >= 0.6 is 0 Å². The molecule has 0 bridgehead atoms. The summed E-state index contributed by atoms with van der Waals surface area (Å²) < 4.78 is 5.27. The molecule has 0 saturated carbocycles. The zero-order valence-corrected chi connectivity index (χ0v) is 12.9. The maximum Gasteiger partial charge on any atom is 0.313 e. The van der Waals surface area contributed by atoms with Crippen LogP contribution in [0.5, 0.6) is 0 Å². The van der Waals surface area contributed by atoms with Gasteiger partial charge in [0, 0.05) is 26.2 Å². The zero-order chi connectivity index (χ0) is 15.7. The van der Waals surface area contributed by atoms with Gasteiger partial charge in [-0.15, -0.1) is 0 Å². The van der Waals surface area contributed by atoms with E-state index < -0.39 is 23.0 Å². The number of nitrogens with one attached hydrogen (secondary N) is 2. The normalized spacial score (nSPS) is 31.1. The van der Waals surface area contributed by atoms with Gasteiger partial charge in [-0.3, -0.25) is 14.5 Å². The van der Waals surface area contributed by atoms with Crippen molar-refractivity contribution in [3.05, 3.63) is 0 Å². The fourth-order valence-electron chi connectivity index (χ4n) is 2.79. The molecule has 2 rings (SSSR count). The molecule has 0 aromatic carbocycles. The first kappa shape index (κ1) is 16.2. The Hall–Kier alpha value is -1.18. The van der Waals surface area contributed by atoms with Crippen molar-refractivity contribution in [2.24, 2.45) is 5.41 Å². The molecule has 0 radical (unpaired) electrons. The lowest BCUT2D eigenvalue weighted by molar-refractivity contribution is -0.149. The van der Waals surface area contributed by atoms with Gasteiger partial charge in [-0.05, 0) is 20.8 Å². The molecule has 2 heterocycles. The number of ether oxygens (including phenoxy) is 1. The van der Waals surface area contributed by atoms with Crippen molar-refractivity contribution in [3.63, 3.8) is 0 Å². The standard InChI is InChI=1S/C14H25N3O4/c1-13(2,17-6-4-15-5-7-17)11(18)16-10-8-21-9-14(10,3)12(19)20/h10,15H,4-9H2,1-3H3,(H,16,18)(H,19,20). The van der Waals surface area contributed by atoms with Crippen molar-refractivity contribution in [2.75, 3.05) is 39.4 Å². The predicted octanol–water partition coefficient (Wildman–Crippen LogP) is -0.724. The number of carboxylic acids is 1. The Morgan fingerprint density at radius 3 is 2.57 bits per heavy atom. The number of nitrogens with zero attached hydrogens (tertiary/aromatic N) is 1. The van der Waals surface area contributed by atoms with Gasteiger partial charge in [0.25, 0.3) is 0 Å². The second kappa shape index (κ2) is 5.90. The summed E-state index contributed by atoms with van der Waals surface area (Å²) in [5.41, 5.74) is -1.72. The Labute approximate surface area is 125 Å². The van der Waals surface area contributed by atoms with Crippen LogP contribution in [0.4, 0.5) is 0 Å². The van der Waals surface area contributed by atoms with Crippen LogP contribution in [-0.4, -0.2) is 72.9 Å². The van der Waals surface area contributed by atoms with E-state index >= 15 is 0 Å². The van der Waals surface area contributed by atoms with E-state index in [2.05, 4.69) is 15.5 Å². The number of hydrogen-bond acceptors (Lipinski definition) is 5. The molecule has 1 amide bonds. The van der Waals surface area contributed by atoms with Crippen LogP contribution in [0.1, 0.15) is 20.8 Å². The highest BCUT2D eigenvalue weighted by Gasteiger charge is 2.49. The van der Waals surface area contributed by atoms with Gasteiger partial charge in [0.2, 0.25) is 5.91 Å². The summed E-state index contributed by atoms with van der Waals surface area (Å²) >= 11 is 0. The lowest BCUT2D eigenvalue weighted by Crippen LogP contribution is -2.62. The van der Waals surface area contributed by atoms with E-state index in [1.165, 1.54) is 0 Å². The average Bonchev–Trinajstić information content (AvgIpc) is 2.82. The Morgan fingerprint density at radius 1 is 1.38 bits per heavy atom. The maximum atomic E-state index is 12.6. The monoisotopic (exact) mass is 299 g/mol. The highest BCUT2D eigenvalue weighted by molar-refractivity contribution is 5.87. The van der Waals surface area contributed by atoms with E-state index in [0.29, 0.717) is 0 Å². The molecule has 21 heavy (non-hydrogen) atoms. The third-order valence-electron chi connectivity index (χ3n) is 4.71. The summed E-state index contributed by atoms with van der Waals surface area (Å²) in [7, 11) is 0. The van der Waals surface area contributed by atoms with E-state index in [4.69, 9.17) is 4.74 Å². The topological polar surface area (TPSA) is 90.9 Å². The van der Waals surface area contributed by atoms with E-state index in [9.17, 15) is 14.7 Å². The van der Waals surface area contributed by atoms with E-state index in [0.717, 1.165) is 26.2 Å². The van der Waals surface area contributed by atoms with E-state index in [1.807, 2.05) is 13.8 Å². The van der Waals surface area contributed by atoms with Gasteiger partial charge in [-0.1, -0.05) is 0 Å². The van der Waals surface area contributed by atoms with Crippen molar-refractivity contribution < 1.29 is 19.4 Å². The second-order valence-corrected chi connectivity index (χ2v) is 6.56. The Balaban J connectivity index is 2.04. The fourth-order valence-corrected chi connectivity index (χ4v) is 2.79. The van der Waals surface area contributed by atoms with Crippen LogP contribution in [0.3, 0.4) is 0 Å². The van der Waals surface area contributed by atoms with Crippen molar-refractivity contribution in [3.8, 4) is 0 Å². The third-order valence-corrected chi connectivity index (χ3v) is 4.71. The summed E-state index contributed by atoms with van der Waals surface area (Å²) in [4.78, 5) is 26.1. The predicted molar refractivity (Wildman–Crippen MR) is 77.0 cm³/mol. The smallest absolute Gasteiger partial charge is 0.313 e. The summed E-state index contributed by atoms with van der Waals surface area (Å²) in [5, 5.41) is 15.5. The highest BCUT2D eigenvalue weighted by atomic mass is 16.5. The molecule has 7 nitrogen and oxygen atoms in total. The maximum absolute atomic E-state index is 12.6. The molecule has 2 unspecified atom stereocenters. The van der Waals surface area contributed by atoms with Gasteiger partial charge in [0.05, 0.1) is 24.8 Å². The summed E-state index contributed by atoms with van der Waals surface area (Å²) in [6, 6.07) is -0.496. The van der Waals surface area contributed by atoms with E-state index in [1.54, 1.807) is 6.92 Å². The number of hydrogen-bond donors (Lipinski definition) is 3. The van der Waals surface area contributed by atoms with E-state index in [-0.39, 0.29) is 19.1 Å². The van der Waals surface area contributed by atoms with Gasteiger partial charge >= 0.3 is 5.97 Å². The minimum atomic E-state index is -1.06. The van der Waals surface area contributed by atoms with Crippen molar-refractivity contribution >= 4 is 11.9 Å². The average molecular weight is 299 g/mol. The first-order chi connectivity index (χ1) is 9.78. The van der Waals surface area contributed by atoms with Gasteiger partial charge in [0.1, 0.15) is 5.41 Å². The lowest BCUT2D eigenvalue weighted by Gasteiger charge is -2.41. The van der Waals surface area contributed by atoms with Crippen LogP contribution in [0.15, 0.2) is 0 Å². The molecule has 2 saturated heterocycles. The van der Waals surface area contributed by atoms with Crippen LogP contribution in [-0.2, 0) is 14.3 Å².